The summed E-state index contributed by atoms with van der Waals surface area (Å²) in [7, 11) is 0. The van der Waals surface area contributed by atoms with Crippen molar-refractivity contribution in [3.05, 3.63) is 23.9 Å². The molecule has 1 heterocycles. The molecule has 0 aliphatic carbocycles. The van der Waals surface area contributed by atoms with Gasteiger partial charge in [0.05, 0.1) is 10.6 Å². The summed E-state index contributed by atoms with van der Waals surface area (Å²) >= 11 is 1.62. The second kappa shape index (κ2) is 8.67. The number of aromatic nitrogens is 1. The number of hydrogen-bond donors (Lipinski definition) is 2. The van der Waals surface area contributed by atoms with E-state index in [-0.39, 0.29) is 17.9 Å². The standard InChI is InChI=1S/C15H23N3O2S/c1-5-10(3)17-14(19)11(4)18-15(20)12-7-8-13(16-9-12)21-6-2/h7-11H,5-6H2,1-4H3,(H,17,19)(H,18,20). The summed E-state index contributed by atoms with van der Waals surface area (Å²) in [5.41, 5.74) is 0.457. The Bertz CT molecular complexity index is 476. The van der Waals surface area contributed by atoms with Gasteiger partial charge in [-0.05, 0) is 38.2 Å². The molecule has 2 unspecified atom stereocenters. The highest BCUT2D eigenvalue weighted by Crippen LogP contribution is 2.14. The van der Waals surface area contributed by atoms with Crippen LogP contribution in [-0.2, 0) is 4.79 Å². The normalized spacial score (nSPS) is 13.3. The van der Waals surface area contributed by atoms with Crippen molar-refractivity contribution in [1.82, 2.24) is 15.6 Å². The van der Waals surface area contributed by atoms with Gasteiger partial charge in [-0.1, -0.05) is 13.8 Å². The zero-order chi connectivity index (χ0) is 15.8. The first-order valence-electron chi connectivity index (χ1n) is 7.18. The molecule has 2 amide bonds. The van der Waals surface area contributed by atoms with Crippen LogP contribution in [0.1, 0.15) is 44.5 Å². The summed E-state index contributed by atoms with van der Waals surface area (Å²) in [6.07, 6.45) is 2.39. The van der Waals surface area contributed by atoms with Crippen molar-refractivity contribution in [2.45, 2.75) is 51.2 Å². The molecule has 0 aromatic carbocycles. The Morgan fingerprint density at radius 3 is 2.48 bits per heavy atom. The molecule has 0 bridgehead atoms. The molecule has 6 heteroatoms. The van der Waals surface area contributed by atoms with Crippen LogP contribution in [0.2, 0.25) is 0 Å². The predicted molar refractivity (Wildman–Crippen MR) is 85.5 cm³/mol. The molecule has 2 atom stereocenters. The third-order valence-electron chi connectivity index (χ3n) is 3.03. The monoisotopic (exact) mass is 309 g/mol. The van der Waals surface area contributed by atoms with Gasteiger partial charge < -0.3 is 10.6 Å². The molecule has 5 nitrogen and oxygen atoms in total. The molecule has 2 N–H and O–H groups in total. The number of carbonyl (C=O) groups is 2. The van der Waals surface area contributed by atoms with Gasteiger partial charge in [0.1, 0.15) is 6.04 Å². The second-order valence-electron chi connectivity index (χ2n) is 4.83. The van der Waals surface area contributed by atoms with Crippen molar-refractivity contribution in [3.8, 4) is 0 Å². The molecular formula is C15H23N3O2S. The highest BCUT2D eigenvalue weighted by Gasteiger charge is 2.17. The average Bonchev–Trinajstić information content (AvgIpc) is 2.47. The SMILES string of the molecule is CCSc1ccc(C(=O)NC(C)C(=O)NC(C)CC)cn1. The van der Waals surface area contributed by atoms with Gasteiger partial charge in [0.15, 0.2) is 0 Å². The zero-order valence-corrected chi connectivity index (χ0v) is 13.8. The van der Waals surface area contributed by atoms with Gasteiger partial charge in [0, 0.05) is 12.2 Å². The Hall–Kier alpha value is -1.56. The smallest absolute Gasteiger partial charge is 0.253 e. The van der Waals surface area contributed by atoms with E-state index < -0.39 is 6.04 Å². The summed E-state index contributed by atoms with van der Waals surface area (Å²) in [4.78, 5) is 28.1. The maximum atomic E-state index is 12.0. The van der Waals surface area contributed by atoms with E-state index in [1.54, 1.807) is 24.8 Å². The molecule has 0 spiro atoms. The van der Waals surface area contributed by atoms with Gasteiger partial charge in [-0.25, -0.2) is 4.98 Å². The zero-order valence-electron chi connectivity index (χ0n) is 13.0. The molecule has 0 radical (unpaired) electrons. The largest absolute Gasteiger partial charge is 0.352 e. The van der Waals surface area contributed by atoms with E-state index in [0.717, 1.165) is 17.2 Å². The first kappa shape index (κ1) is 17.5. The molecule has 1 aromatic heterocycles. The lowest BCUT2D eigenvalue weighted by atomic mass is 10.2. The predicted octanol–water partition coefficient (Wildman–Crippen LogP) is 2.23. The van der Waals surface area contributed by atoms with Crippen molar-refractivity contribution >= 4 is 23.6 Å². The fourth-order valence-corrected chi connectivity index (χ4v) is 2.15. The Labute approximate surface area is 130 Å². The molecule has 21 heavy (non-hydrogen) atoms. The van der Waals surface area contributed by atoms with E-state index >= 15 is 0 Å². The van der Waals surface area contributed by atoms with Crippen LogP contribution in [0.3, 0.4) is 0 Å². The maximum Gasteiger partial charge on any atom is 0.253 e. The molecule has 1 aromatic rings. The van der Waals surface area contributed by atoms with Gasteiger partial charge in [-0.2, -0.15) is 0 Å². The molecule has 0 saturated heterocycles. The number of nitrogens with zero attached hydrogens (tertiary/aromatic N) is 1. The molecular weight excluding hydrogens is 286 g/mol. The average molecular weight is 309 g/mol. The van der Waals surface area contributed by atoms with Crippen LogP contribution in [0.5, 0.6) is 0 Å². The lowest BCUT2D eigenvalue weighted by molar-refractivity contribution is -0.123. The summed E-state index contributed by atoms with van der Waals surface area (Å²) in [6.45, 7) is 7.64. The summed E-state index contributed by atoms with van der Waals surface area (Å²) in [6, 6.07) is 3.06. The van der Waals surface area contributed by atoms with Crippen molar-refractivity contribution in [2.75, 3.05) is 5.75 Å². The Morgan fingerprint density at radius 1 is 1.24 bits per heavy atom. The number of rotatable bonds is 7. The van der Waals surface area contributed by atoms with Crippen molar-refractivity contribution in [1.29, 1.82) is 0 Å². The van der Waals surface area contributed by atoms with Crippen LogP contribution < -0.4 is 10.6 Å². The first-order valence-corrected chi connectivity index (χ1v) is 8.16. The van der Waals surface area contributed by atoms with Crippen molar-refractivity contribution in [3.63, 3.8) is 0 Å². The van der Waals surface area contributed by atoms with Gasteiger partial charge >= 0.3 is 0 Å². The summed E-state index contributed by atoms with van der Waals surface area (Å²) < 4.78 is 0. The van der Waals surface area contributed by atoms with Gasteiger partial charge in [0.25, 0.3) is 5.91 Å². The maximum absolute atomic E-state index is 12.0. The second-order valence-corrected chi connectivity index (χ2v) is 6.12. The molecule has 0 fully saturated rings. The number of hydrogen-bond acceptors (Lipinski definition) is 4. The minimum atomic E-state index is -0.573. The lowest BCUT2D eigenvalue weighted by Crippen LogP contribution is -2.47. The van der Waals surface area contributed by atoms with Crippen molar-refractivity contribution < 1.29 is 9.59 Å². The van der Waals surface area contributed by atoms with Gasteiger partial charge in [-0.15, -0.1) is 11.8 Å². The Balaban J connectivity index is 2.57. The number of carbonyl (C=O) groups excluding carboxylic acids is 2. The molecule has 0 saturated carbocycles. The summed E-state index contributed by atoms with van der Waals surface area (Å²) in [5, 5.41) is 6.40. The molecule has 1 rings (SSSR count). The van der Waals surface area contributed by atoms with Crippen LogP contribution in [0.15, 0.2) is 23.4 Å². The van der Waals surface area contributed by atoms with E-state index in [9.17, 15) is 9.59 Å². The Morgan fingerprint density at radius 2 is 1.95 bits per heavy atom. The number of pyridine rings is 1. The highest BCUT2D eigenvalue weighted by atomic mass is 32.2. The van der Waals surface area contributed by atoms with Crippen LogP contribution in [0, 0.1) is 0 Å². The van der Waals surface area contributed by atoms with E-state index in [1.165, 1.54) is 6.20 Å². The molecule has 0 aliphatic heterocycles. The van der Waals surface area contributed by atoms with Crippen molar-refractivity contribution in [2.24, 2.45) is 0 Å². The number of amides is 2. The van der Waals surface area contributed by atoms with Gasteiger partial charge in [-0.3, -0.25) is 9.59 Å². The fourth-order valence-electron chi connectivity index (χ4n) is 1.56. The number of thioether (sulfide) groups is 1. The van der Waals surface area contributed by atoms with Gasteiger partial charge in [0.2, 0.25) is 5.91 Å². The Kier molecular flexibility index (Phi) is 7.22. The highest BCUT2D eigenvalue weighted by molar-refractivity contribution is 7.99. The van der Waals surface area contributed by atoms with Crippen LogP contribution >= 0.6 is 11.8 Å². The van der Waals surface area contributed by atoms with E-state index in [2.05, 4.69) is 15.6 Å². The minimum Gasteiger partial charge on any atom is -0.352 e. The van der Waals surface area contributed by atoms with Crippen LogP contribution in [0.25, 0.3) is 0 Å². The molecule has 116 valence electrons. The van der Waals surface area contributed by atoms with E-state index in [1.807, 2.05) is 26.8 Å². The number of nitrogens with one attached hydrogen (secondary N) is 2. The third-order valence-corrected chi connectivity index (χ3v) is 3.86. The first-order chi connectivity index (χ1) is 9.97. The minimum absolute atomic E-state index is 0.101. The summed E-state index contributed by atoms with van der Waals surface area (Å²) in [5.74, 6) is 0.469. The van der Waals surface area contributed by atoms with Crippen LogP contribution in [-0.4, -0.2) is 34.6 Å². The lowest BCUT2D eigenvalue weighted by Gasteiger charge is -2.17. The topological polar surface area (TPSA) is 71.1 Å². The van der Waals surface area contributed by atoms with E-state index in [4.69, 9.17) is 0 Å². The van der Waals surface area contributed by atoms with E-state index in [0.29, 0.717) is 5.56 Å². The molecule has 0 aliphatic rings. The quantitative estimate of drug-likeness (QED) is 0.758. The van der Waals surface area contributed by atoms with Crippen LogP contribution in [0.4, 0.5) is 0 Å². The fraction of sp³-hybridized carbons (Fsp3) is 0.533. The third kappa shape index (κ3) is 5.75.